The minimum absolute atomic E-state index is 0.0368. The number of carbonyl (C=O) groups excluding carboxylic acids is 6. The van der Waals surface area contributed by atoms with Crippen molar-refractivity contribution in [3.63, 3.8) is 0 Å². The summed E-state index contributed by atoms with van der Waals surface area (Å²) in [6.45, 7) is 10.2. The molecule has 6 atom stereocenters. The van der Waals surface area contributed by atoms with E-state index in [9.17, 15) is 83.6 Å². The van der Waals surface area contributed by atoms with Gasteiger partial charge in [0.2, 0.25) is 0 Å². The van der Waals surface area contributed by atoms with Crippen molar-refractivity contribution in [1.82, 2.24) is 58.7 Å². The Balaban J connectivity index is 0.000000158. The van der Waals surface area contributed by atoms with Gasteiger partial charge in [0, 0.05) is 163 Å². The van der Waals surface area contributed by atoms with Gasteiger partial charge in [0.1, 0.15) is 22.9 Å². The van der Waals surface area contributed by atoms with E-state index < -0.39 is 94.4 Å². The first-order valence-corrected chi connectivity index (χ1v) is 31.7. The Kier molecular flexibility index (Phi) is 21.0. The first-order chi connectivity index (χ1) is 46.0. The molecular formula is C64H74F9N15O9. The molecule has 0 unspecified atom stereocenters. The Morgan fingerprint density at radius 1 is 0.464 bits per heavy atom. The number of nitrogens with one attached hydrogen (secondary N) is 3. The van der Waals surface area contributed by atoms with Crippen LogP contribution in [-0.2, 0) is 58.5 Å². The van der Waals surface area contributed by atoms with Crippen molar-refractivity contribution in [1.29, 1.82) is 0 Å². The minimum atomic E-state index is -2.02. The van der Waals surface area contributed by atoms with Crippen LogP contribution in [0.2, 0.25) is 0 Å². The molecule has 6 N–H and O–H groups in total. The largest absolute Gasteiger partial charge is 0.393 e. The number of hydrogen-bond acceptors (Lipinski definition) is 12. The number of benzene rings is 3. The highest BCUT2D eigenvalue weighted by molar-refractivity contribution is 5.97. The monoisotopic (exact) mass is 1370 g/mol. The summed E-state index contributed by atoms with van der Waals surface area (Å²) in [5.74, 6) is -14.5. The quantitative estimate of drug-likeness (QED) is 0.0470. The number of rotatable bonds is 9. The van der Waals surface area contributed by atoms with Crippen LogP contribution < -0.4 is 16.0 Å². The van der Waals surface area contributed by atoms with E-state index >= 15 is 0 Å². The number of fused-ring (bicyclic) bond motifs is 9. The fraction of sp³-hybridized carbons (Fsp3) is 0.484. The summed E-state index contributed by atoms with van der Waals surface area (Å²) in [5, 5.41) is 51.7. The Morgan fingerprint density at radius 3 is 1.19 bits per heavy atom. The number of anilines is 3. The highest BCUT2D eigenvalue weighted by atomic mass is 19.2. The van der Waals surface area contributed by atoms with Crippen LogP contribution in [0.1, 0.15) is 111 Å². The molecule has 0 saturated carbocycles. The number of urea groups is 3. The van der Waals surface area contributed by atoms with Crippen LogP contribution in [0.4, 0.5) is 71.0 Å². The van der Waals surface area contributed by atoms with E-state index in [4.69, 9.17) is 0 Å². The van der Waals surface area contributed by atoms with E-state index in [1.54, 1.807) is 45.0 Å². The molecule has 0 radical (unpaired) electrons. The van der Waals surface area contributed by atoms with Gasteiger partial charge in [-0.3, -0.25) is 28.4 Å². The zero-order valence-electron chi connectivity index (χ0n) is 54.1. The maximum absolute atomic E-state index is 14.3. The molecule has 97 heavy (non-hydrogen) atoms. The molecule has 6 aliphatic rings. The molecule has 3 aromatic carbocycles. The summed E-state index contributed by atoms with van der Waals surface area (Å²) in [7, 11) is 4.98. The second kappa shape index (κ2) is 28.8. The normalized spacial score (nSPS) is 19.2. The zero-order valence-corrected chi connectivity index (χ0v) is 54.1. The van der Waals surface area contributed by atoms with Crippen LogP contribution in [0.5, 0.6) is 0 Å². The summed E-state index contributed by atoms with van der Waals surface area (Å²) >= 11 is 0. The molecule has 6 aromatic rings. The van der Waals surface area contributed by atoms with Crippen molar-refractivity contribution in [3.05, 3.63) is 139 Å². The summed E-state index contributed by atoms with van der Waals surface area (Å²) in [5.41, 5.74) is 3.71. The fourth-order valence-electron chi connectivity index (χ4n) is 13.0. The van der Waals surface area contributed by atoms with Gasteiger partial charge in [0.05, 0.1) is 66.4 Å². The maximum Gasteiger partial charge on any atom is 0.322 e. The molecule has 9 heterocycles. The zero-order chi connectivity index (χ0) is 70.3. The first kappa shape index (κ1) is 70.6. The molecular weight excluding hydrogens is 1290 g/mol. The molecule has 3 aromatic heterocycles. The average Bonchev–Trinajstić information content (AvgIpc) is 1.63. The standard InChI is InChI=1S/C22H27F2N5O3.C21H23F4N5O3.C21H24F3N5O3/c1-4-18(30)13-9-27(3)21(31)20-14-11-28(8-7-16(14)26-29(20)10-13)22(32)25-17-6-5-15(23)12(2)19(17)24;1-3-15(31)10-7-28(2)20(32)19-11-9-29(5-4-13(11)27-30(19)8-10)21(33)26-14-6-12(22)16(23)18(25)17(14)24;1-3-17(30)11-8-27(2)20(31)19-13-10-28(5-4-16(13)26-29(19)9-11)21(32)25-12-6-14(22)18(24)15(23)7-12/h5-6,13,18,30H,4,7-11H2,1-3H3,(H,25,32);6,10,15,31H,3-5,7-9H2,1-2H3,(H,26,33);6-7,11,17,30H,3-5,8-10H2,1-2H3,(H,25,32)/t13-,18+;10-,15+;11-,17+/m111/s1. The summed E-state index contributed by atoms with van der Waals surface area (Å²) < 4.78 is 127. The van der Waals surface area contributed by atoms with Gasteiger partial charge in [-0.25, -0.2) is 53.9 Å². The van der Waals surface area contributed by atoms with Gasteiger partial charge in [0.25, 0.3) is 17.7 Å². The fourth-order valence-corrected chi connectivity index (χ4v) is 13.0. The minimum Gasteiger partial charge on any atom is -0.393 e. The molecule has 0 bridgehead atoms. The van der Waals surface area contributed by atoms with Crippen molar-refractivity contribution in [2.75, 3.05) is 76.4 Å². The number of aliphatic hydroxyl groups excluding tert-OH is 3. The van der Waals surface area contributed by atoms with Crippen molar-refractivity contribution < 1.29 is 83.6 Å². The Morgan fingerprint density at radius 2 is 0.814 bits per heavy atom. The number of nitrogens with zero attached hydrogens (tertiary/aromatic N) is 12. The number of carbonyl (C=O) groups is 6. The molecule has 12 rings (SSSR count). The molecule has 6 aliphatic heterocycles. The lowest BCUT2D eigenvalue weighted by Gasteiger charge is -2.28. The summed E-state index contributed by atoms with van der Waals surface area (Å²) in [6, 6.07) is 2.04. The van der Waals surface area contributed by atoms with Crippen LogP contribution in [0.25, 0.3) is 0 Å². The molecule has 0 spiro atoms. The number of aromatic nitrogens is 6. The predicted octanol–water partition coefficient (Wildman–Crippen LogP) is 7.40. The van der Waals surface area contributed by atoms with Gasteiger partial charge in [-0.05, 0) is 38.3 Å². The number of halogens is 9. The second-order valence-corrected chi connectivity index (χ2v) is 25.1. The highest BCUT2D eigenvalue weighted by Crippen LogP contribution is 2.34. The van der Waals surface area contributed by atoms with Crippen LogP contribution in [0.3, 0.4) is 0 Å². The third-order valence-electron chi connectivity index (χ3n) is 18.6. The second-order valence-electron chi connectivity index (χ2n) is 25.1. The Labute approximate surface area is 550 Å². The first-order valence-electron chi connectivity index (χ1n) is 31.7. The average molecular weight is 1370 g/mol. The lowest BCUT2D eigenvalue weighted by molar-refractivity contribution is 0.0618. The Bertz CT molecular complexity index is 4050. The van der Waals surface area contributed by atoms with E-state index in [1.165, 1.54) is 32.6 Å². The highest BCUT2D eigenvalue weighted by Gasteiger charge is 2.41. The van der Waals surface area contributed by atoms with Gasteiger partial charge >= 0.3 is 18.1 Å². The third-order valence-corrected chi connectivity index (χ3v) is 18.6. The molecule has 33 heteroatoms. The smallest absolute Gasteiger partial charge is 0.322 e. The van der Waals surface area contributed by atoms with E-state index in [1.807, 2.05) is 20.8 Å². The van der Waals surface area contributed by atoms with E-state index in [-0.39, 0.29) is 85.1 Å². The van der Waals surface area contributed by atoms with E-state index in [0.717, 1.165) is 11.8 Å². The molecule has 0 aliphatic carbocycles. The van der Waals surface area contributed by atoms with Crippen LogP contribution >= 0.6 is 0 Å². The SMILES string of the molecule is CC[C@H](O)[C@@H]1CN(C)C(=O)c2c3c(nn2C1)CCN(C(=O)Nc1cc(F)c(F)c(F)c1)C3.CC[C@H](O)[C@@H]1CN(C)C(=O)c2c3c(nn2C1)CCN(C(=O)Nc1cc(F)c(F)c(F)c1F)C3.CC[C@H](O)[C@@H]1CN(C)C(=O)c2c3c(nn2C1)CCN(C(=O)Nc1ccc(F)c(C)c1F)C3. The van der Waals surface area contributed by atoms with Crippen molar-refractivity contribution >= 4 is 52.9 Å². The van der Waals surface area contributed by atoms with Crippen LogP contribution in [0, 0.1) is 77.0 Å². The molecule has 0 saturated heterocycles. The third kappa shape index (κ3) is 14.3. The van der Waals surface area contributed by atoms with Crippen molar-refractivity contribution in [2.45, 2.75) is 124 Å². The van der Waals surface area contributed by atoms with E-state index in [2.05, 4.69) is 31.2 Å². The lowest BCUT2D eigenvalue weighted by Crippen LogP contribution is -2.40. The van der Waals surface area contributed by atoms with Gasteiger partial charge in [-0.2, -0.15) is 15.3 Å². The lowest BCUT2D eigenvalue weighted by atomic mass is 10.0. The Hall–Kier alpha value is -9.24. The number of hydrogen-bond donors (Lipinski definition) is 6. The molecule has 24 nitrogen and oxygen atoms in total. The van der Waals surface area contributed by atoms with Gasteiger partial charge in [-0.15, -0.1) is 0 Å². The number of aliphatic hydroxyl groups is 3. The topological polar surface area (TPSA) is 272 Å². The molecule has 0 fully saturated rings. The van der Waals surface area contributed by atoms with Gasteiger partial charge in [0.15, 0.2) is 46.5 Å². The summed E-state index contributed by atoms with van der Waals surface area (Å²) in [4.78, 5) is 86.1. The van der Waals surface area contributed by atoms with E-state index in [0.29, 0.717) is 148 Å². The van der Waals surface area contributed by atoms with Crippen molar-refractivity contribution in [3.8, 4) is 0 Å². The summed E-state index contributed by atoms with van der Waals surface area (Å²) in [6.07, 6.45) is 1.08. The molecule has 522 valence electrons. The van der Waals surface area contributed by atoms with Gasteiger partial charge < -0.3 is 60.7 Å². The predicted molar refractivity (Wildman–Crippen MR) is 330 cm³/mol. The number of amides is 9. The van der Waals surface area contributed by atoms with Crippen LogP contribution in [-0.4, -0.2) is 189 Å². The maximum atomic E-state index is 14.3. The molecule has 9 amide bonds. The van der Waals surface area contributed by atoms with Crippen LogP contribution in [0.15, 0.2) is 30.3 Å². The van der Waals surface area contributed by atoms with Gasteiger partial charge in [-0.1, -0.05) is 20.8 Å². The van der Waals surface area contributed by atoms with Crippen molar-refractivity contribution in [2.24, 2.45) is 17.8 Å².